The second-order valence-corrected chi connectivity index (χ2v) is 7.56. The fourth-order valence-corrected chi connectivity index (χ4v) is 3.57. The van der Waals surface area contributed by atoms with Crippen molar-refractivity contribution in [1.29, 1.82) is 0 Å². The molecule has 0 aliphatic rings. The predicted octanol–water partition coefficient (Wildman–Crippen LogP) is 4.45. The van der Waals surface area contributed by atoms with E-state index >= 15 is 0 Å². The number of ether oxygens (including phenoxy) is 1. The van der Waals surface area contributed by atoms with Gasteiger partial charge in [0.2, 0.25) is 0 Å². The maximum absolute atomic E-state index is 13.1. The zero-order valence-corrected chi connectivity index (χ0v) is 17.9. The Labute approximate surface area is 186 Å². The number of methoxy groups -OCH3 is 1. The number of aromatic nitrogens is 1. The number of benzene rings is 3. The van der Waals surface area contributed by atoms with Crippen molar-refractivity contribution >= 4 is 16.9 Å². The van der Waals surface area contributed by atoms with Crippen LogP contribution in [0.5, 0.6) is 5.75 Å². The topological polar surface area (TPSA) is 74.4 Å². The molecule has 3 aromatic carbocycles. The fraction of sp³-hybridized carbons (Fsp3) is 0.154. The second kappa shape index (κ2) is 9.83. The van der Waals surface area contributed by atoms with Crippen molar-refractivity contribution in [1.82, 2.24) is 15.2 Å². The Kier molecular flexibility index (Phi) is 6.51. The summed E-state index contributed by atoms with van der Waals surface area (Å²) >= 11 is 0. The van der Waals surface area contributed by atoms with E-state index in [0.29, 0.717) is 24.4 Å². The van der Waals surface area contributed by atoms with Crippen LogP contribution in [-0.2, 0) is 19.6 Å². The zero-order valence-electron chi connectivity index (χ0n) is 17.9. The smallest absolute Gasteiger partial charge is 0.318 e. The first-order valence-corrected chi connectivity index (χ1v) is 10.4. The van der Waals surface area contributed by atoms with Crippen LogP contribution < -0.4 is 15.6 Å². The molecule has 4 aromatic rings. The van der Waals surface area contributed by atoms with Gasteiger partial charge in [0.15, 0.2) is 0 Å². The van der Waals surface area contributed by atoms with Crippen molar-refractivity contribution in [3.63, 3.8) is 0 Å². The molecule has 4 rings (SSSR count). The molecule has 6 heteroatoms. The van der Waals surface area contributed by atoms with Crippen LogP contribution in [0, 0.1) is 0 Å². The molecule has 2 N–H and O–H groups in total. The number of urea groups is 1. The average molecular weight is 428 g/mol. The summed E-state index contributed by atoms with van der Waals surface area (Å²) in [5, 5.41) is 3.82. The Balaban J connectivity index is 1.59. The van der Waals surface area contributed by atoms with Crippen molar-refractivity contribution in [2.24, 2.45) is 0 Å². The Morgan fingerprint density at radius 2 is 1.59 bits per heavy atom. The van der Waals surface area contributed by atoms with Gasteiger partial charge in [0.25, 0.3) is 5.56 Å². The highest BCUT2D eigenvalue weighted by Gasteiger charge is 2.17. The summed E-state index contributed by atoms with van der Waals surface area (Å²) in [6, 6.07) is 26.5. The second-order valence-electron chi connectivity index (χ2n) is 7.56. The summed E-state index contributed by atoms with van der Waals surface area (Å²) in [6.07, 6.45) is 0. The molecule has 0 unspecified atom stereocenters. The first kappa shape index (κ1) is 21.2. The summed E-state index contributed by atoms with van der Waals surface area (Å²) in [5.74, 6) is 0.706. The van der Waals surface area contributed by atoms with Crippen LogP contribution in [0.25, 0.3) is 10.9 Å². The number of rotatable bonds is 7. The molecule has 2 amide bonds. The fourth-order valence-electron chi connectivity index (χ4n) is 3.57. The highest BCUT2D eigenvalue weighted by Crippen LogP contribution is 2.19. The molecule has 1 heterocycles. The minimum Gasteiger partial charge on any atom is -0.497 e. The number of aromatic amines is 1. The molecule has 0 aliphatic carbocycles. The van der Waals surface area contributed by atoms with Gasteiger partial charge in [-0.2, -0.15) is 0 Å². The number of hydrogen-bond donors (Lipinski definition) is 2. The van der Waals surface area contributed by atoms with Gasteiger partial charge in [0.1, 0.15) is 5.75 Å². The van der Waals surface area contributed by atoms with Crippen molar-refractivity contribution in [2.45, 2.75) is 19.6 Å². The summed E-state index contributed by atoms with van der Waals surface area (Å²) in [7, 11) is 1.60. The Hall–Kier alpha value is -4.06. The number of amides is 2. The molecule has 32 heavy (non-hydrogen) atoms. The van der Waals surface area contributed by atoms with E-state index in [0.717, 1.165) is 22.0 Å². The van der Waals surface area contributed by atoms with Crippen LogP contribution in [0.15, 0.2) is 89.7 Å². The highest BCUT2D eigenvalue weighted by molar-refractivity contribution is 5.81. The van der Waals surface area contributed by atoms with E-state index in [9.17, 15) is 9.59 Å². The molecule has 0 bridgehead atoms. The Bertz CT molecular complexity index is 1250. The van der Waals surface area contributed by atoms with E-state index in [1.807, 2.05) is 78.9 Å². The van der Waals surface area contributed by atoms with E-state index in [1.54, 1.807) is 18.1 Å². The Morgan fingerprint density at radius 3 is 2.28 bits per heavy atom. The predicted molar refractivity (Wildman–Crippen MR) is 125 cm³/mol. The lowest BCUT2D eigenvalue weighted by molar-refractivity contribution is 0.191. The van der Waals surface area contributed by atoms with Gasteiger partial charge in [0.05, 0.1) is 13.7 Å². The molecule has 0 radical (unpaired) electrons. The molecular weight excluding hydrogens is 402 g/mol. The molecule has 0 aliphatic heterocycles. The van der Waals surface area contributed by atoms with Crippen molar-refractivity contribution in [3.05, 3.63) is 112 Å². The van der Waals surface area contributed by atoms with Gasteiger partial charge in [-0.1, -0.05) is 60.7 Å². The third-order valence-corrected chi connectivity index (χ3v) is 5.28. The number of H-pyrrole nitrogens is 1. The summed E-state index contributed by atoms with van der Waals surface area (Å²) in [5.41, 5.74) is 3.02. The van der Waals surface area contributed by atoms with Gasteiger partial charge >= 0.3 is 6.03 Å². The molecule has 1 aromatic heterocycles. The SMILES string of the molecule is COc1ccc2[nH]c(=O)c(CN(Cc3ccccc3)C(=O)NCc3ccccc3)cc2c1. The number of nitrogens with one attached hydrogen (secondary N) is 2. The maximum atomic E-state index is 13.1. The van der Waals surface area contributed by atoms with Gasteiger partial charge < -0.3 is 19.9 Å². The van der Waals surface area contributed by atoms with Crippen LogP contribution >= 0.6 is 0 Å². The first-order valence-electron chi connectivity index (χ1n) is 10.4. The van der Waals surface area contributed by atoms with Crippen LogP contribution in [0.3, 0.4) is 0 Å². The van der Waals surface area contributed by atoms with E-state index in [2.05, 4.69) is 10.3 Å². The normalized spacial score (nSPS) is 10.7. The van der Waals surface area contributed by atoms with Crippen molar-refractivity contribution in [2.75, 3.05) is 7.11 Å². The lowest BCUT2D eigenvalue weighted by atomic mass is 10.1. The van der Waals surface area contributed by atoms with E-state index < -0.39 is 0 Å². The lowest BCUT2D eigenvalue weighted by Gasteiger charge is -2.23. The van der Waals surface area contributed by atoms with Crippen LogP contribution in [0.2, 0.25) is 0 Å². The first-order chi connectivity index (χ1) is 15.6. The molecule has 0 fully saturated rings. The largest absolute Gasteiger partial charge is 0.497 e. The molecule has 6 nitrogen and oxygen atoms in total. The quantitative estimate of drug-likeness (QED) is 0.458. The summed E-state index contributed by atoms with van der Waals surface area (Å²) in [4.78, 5) is 30.4. The molecule has 0 spiro atoms. The van der Waals surface area contributed by atoms with E-state index in [1.165, 1.54) is 0 Å². The average Bonchev–Trinajstić information content (AvgIpc) is 2.83. The summed E-state index contributed by atoms with van der Waals surface area (Å²) < 4.78 is 5.30. The number of carbonyl (C=O) groups is 1. The van der Waals surface area contributed by atoms with E-state index in [4.69, 9.17) is 4.74 Å². The zero-order chi connectivity index (χ0) is 22.3. The number of hydrogen-bond acceptors (Lipinski definition) is 3. The van der Waals surface area contributed by atoms with Gasteiger partial charge in [-0.15, -0.1) is 0 Å². The number of fused-ring (bicyclic) bond motifs is 1. The number of pyridine rings is 1. The Morgan fingerprint density at radius 1 is 0.906 bits per heavy atom. The minimum atomic E-state index is -0.233. The standard InChI is InChI=1S/C26H25N3O3/c1-32-23-12-13-24-21(15-23)14-22(25(30)28-24)18-29(17-20-10-6-3-7-11-20)26(31)27-16-19-8-4-2-5-9-19/h2-15H,16-18H2,1H3,(H,27,31)(H,28,30). The van der Waals surface area contributed by atoms with E-state index in [-0.39, 0.29) is 18.1 Å². The molecule has 162 valence electrons. The van der Waals surface area contributed by atoms with Crippen LogP contribution in [-0.4, -0.2) is 23.0 Å². The maximum Gasteiger partial charge on any atom is 0.318 e. The molecular formula is C26H25N3O3. The summed E-state index contributed by atoms with van der Waals surface area (Å²) in [6.45, 7) is 0.977. The molecule has 0 atom stereocenters. The molecule has 0 saturated heterocycles. The van der Waals surface area contributed by atoms with Crippen molar-refractivity contribution in [3.8, 4) is 5.75 Å². The van der Waals surface area contributed by atoms with Gasteiger partial charge in [-0.25, -0.2) is 4.79 Å². The highest BCUT2D eigenvalue weighted by atomic mass is 16.5. The monoisotopic (exact) mass is 427 g/mol. The third kappa shape index (κ3) is 5.16. The van der Waals surface area contributed by atoms with Crippen LogP contribution in [0.1, 0.15) is 16.7 Å². The number of carbonyl (C=O) groups excluding carboxylic acids is 1. The third-order valence-electron chi connectivity index (χ3n) is 5.28. The van der Waals surface area contributed by atoms with Gasteiger partial charge in [0, 0.05) is 29.6 Å². The number of nitrogens with zero attached hydrogens (tertiary/aromatic N) is 1. The molecule has 0 saturated carbocycles. The van der Waals surface area contributed by atoms with Crippen LogP contribution in [0.4, 0.5) is 4.79 Å². The van der Waals surface area contributed by atoms with Crippen molar-refractivity contribution < 1.29 is 9.53 Å². The van der Waals surface area contributed by atoms with Gasteiger partial charge in [-0.3, -0.25) is 4.79 Å². The minimum absolute atomic E-state index is 0.179. The van der Waals surface area contributed by atoms with Gasteiger partial charge in [-0.05, 0) is 35.4 Å². The lowest BCUT2D eigenvalue weighted by Crippen LogP contribution is -2.39.